The standard InChI is InChI=1S/C14H13Cl4N3O2S/c15-10-3-2-9(6-11(10)16)24(22,23)21-5-1-4-20-14-12(17)7-19-8-13(14)18/h2-3,6-8,21H,1,4-5H2,(H,19,20). The smallest absolute Gasteiger partial charge is 0.240 e. The lowest BCUT2D eigenvalue weighted by atomic mass is 10.3. The van der Waals surface area contributed by atoms with Crippen LogP contribution in [0.4, 0.5) is 5.69 Å². The molecule has 0 atom stereocenters. The molecule has 2 N–H and O–H groups in total. The average Bonchev–Trinajstić information content (AvgIpc) is 2.52. The van der Waals surface area contributed by atoms with Crippen molar-refractivity contribution in [3.63, 3.8) is 0 Å². The van der Waals surface area contributed by atoms with Crippen molar-refractivity contribution in [1.29, 1.82) is 0 Å². The molecule has 10 heteroatoms. The SMILES string of the molecule is O=S(=O)(NCCCNc1c(Cl)cncc1Cl)c1ccc(Cl)c(Cl)c1. The number of sulfonamides is 1. The first-order chi connectivity index (χ1) is 11.3. The quantitative estimate of drug-likeness (QED) is 0.638. The number of halogens is 4. The molecule has 0 radical (unpaired) electrons. The van der Waals surface area contributed by atoms with Crippen molar-refractivity contribution in [2.45, 2.75) is 11.3 Å². The molecule has 0 amide bonds. The van der Waals surface area contributed by atoms with Crippen molar-refractivity contribution < 1.29 is 8.42 Å². The number of anilines is 1. The minimum absolute atomic E-state index is 0.0603. The van der Waals surface area contributed by atoms with E-state index in [-0.39, 0.29) is 16.5 Å². The third-order valence-corrected chi connectivity index (χ3v) is 5.77. The molecule has 1 aromatic carbocycles. The molecule has 24 heavy (non-hydrogen) atoms. The monoisotopic (exact) mass is 427 g/mol. The van der Waals surface area contributed by atoms with Crippen LogP contribution in [0, 0.1) is 0 Å². The maximum atomic E-state index is 12.2. The largest absolute Gasteiger partial charge is 0.382 e. The minimum Gasteiger partial charge on any atom is -0.382 e. The summed E-state index contributed by atoms with van der Waals surface area (Å²) in [6.07, 6.45) is 3.47. The van der Waals surface area contributed by atoms with Crippen molar-refractivity contribution in [1.82, 2.24) is 9.71 Å². The summed E-state index contributed by atoms with van der Waals surface area (Å²) in [6.45, 7) is 0.712. The molecule has 0 saturated heterocycles. The second kappa shape index (κ2) is 8.56. The number of hydrogen-bond donors (Lipinski definition) is 2. The van der Waals surface area contributed by atoms with E-state index in [1.165, 1.54) is 30.6 Å². The van der Waals surface area contributed by atoms with E-state index >= 15 is 0 Å². The summed E-state index contributed by atoms with van der Waals surface area (Å²) in [5.41, 5.74) is 0.570. The molecule has 0 fully saturated rings. The molecule has 5 nitrogen and oxygen atoms in total. The van der Waals surface area contributed by atoms with E-state index in [2.05, 4.69) is 15.0 Å². The zero-order chi connectivity index (χ0) is 17.7. The zero-order valence-corrected chi connectivity index (χ0v) is 16.0. The minimum atomic E-state index is -3.64. The third kappa shape index (κ3) is 5.12. The van der Waals surface area contributed by atoms with Gasteiger partial charge in [0.2, 0.25) is 10.0 Å². The van der Waals surface area contributed by atoms with Gasteiger partial charge in [0.15, 0.2) is 0 Å². The maximum absolute atomic E-state index is 12.2. The molecule has 1 aromatic heterocycles. The van der Waals surface area contributed by atoms with Gasteiger partial charge in [0.05, 0.1) is 30.7 Å². The number of benzene rings is 1. The Hall–Kier alpha value is -0.760. The Labute approximate surface area is 160 Å². The highest BCUT2D eigenvalue weighted by Crippen LogP contribution is 2.28. The van der Waals surface area contributed by atoms with Crippen LogP contribution in [0.1, 0.15) is 6.42 Å². The summed E-state index contributed by atoms with van der Waals surface area (Å²) in [5, 5.41) is 4.33. The highest BCUT2D eigenvalue weighted by molar-refractivity contribution is 7.89. The van der Waals surface area contributed by atoms with Gasteiger partial charge in [-0.1, -0.05) is 46.4 Å². The Kier molecular flexibility index (Phi) is 6.98. The number of aromatic nitrogens is 1. The molecule has 2 aromatic rings. The van der Waals surface area contributed by atoms with Crippen LogP contribution < -0.4 is 10.0 Å². The molecule has 0 unspecified atom stereocenters. The van der Waals surface area contributed by atoms with Crippen LogP contribution in [0.5, 0.6) is 0 Å². The van der Waals surface area contributed by atoms with Crippen LogP contribution in [0.2, 0.25) is 20.1 Å². The van der Waals surface area contributed by atoms with Crippen molar-refractivity contribution in [3.05, 3.63) is 50.7 Å². The van der Waals surface area contributed by atoms with Crippen molar-refractivity contribution in [3.8, 4) is 0 Å². The molecule has 0 aliphatic carbocycles. The summed E-state index contributed by atoms with van der Waals surface area (Å²) >= 11 is 23.6. The Morgan fingerprint density at radius 2 is 1.58 bits per heavy atom. The maximum Gasteiger partial charge on any atom is 0.240 e. The molecule has 130 valence electrons. The molecule has 0 aliphatic rings. The number of nitrogens with zero attached hydrogens (tertiary/aromatic N) is 1. The first-order valence-corrected chi connectivity index (χ1v) is 9.78. The van der Waals surface area contributed by atoms with Crippen molar-refractivity contribution in [2.75, 3.05) is 18.4 Å². The predicted molar refractivity (Wildman–Crippen MR) is 99.0 cm³/mol. The lowest BCUT2D eigenvalue weighted by Crippen LogP contribution is -2.26. The fourth-order valence-corrected chi connectivity index (χ4v) is 3.78. The molecule has 0 saturated carbocycles. The highest BCUT2D eigenvalue weighted by atomic mass is 35.5. The molecule has 0 spiro atoms. The average molecular weight is 429 g/mol. The summed E-state index contributed by atoms with van der Waals surface area (Å²) in [6, 6.07) is 4.14. The first kappa shape index (κ1) is 19.6. The van der Waals surface area contributed by atoms with E-state index in [0.717, 1.165) is 0 Å². The van der Waals surface area contributed by atoms with Gasteiger partial charge < -0.3 is 5.32 Å². The van der Waals surface area contributed by atoms with Crippen molar-refractivity contribution >= 4 is 62.1 Å². The molecular weight excluding hydrogens is 416 g/mol. The molecule has 0 aliphatic heterocycles. The first-order valence-electron chi connectivity index (χ1n) is 6.79. The number of nitrogens with one attached hydrogen (secondary N) is 2. The summed E-state index contributed by atoms with van der Waals surface area (Å²) in [4.78, 5) is 3.91. The number of hydrogen-bond acceptors (Lipinski definition) is 4. The predicted octanol–water partition coefficient (Wildman–Crippen LogP) is 4.48. The van der Waals surface area contributed by atoms with Gasteiger partial charge in [0.1, 0.15) is 0 Å². The van der Waals surface area contributed by atoms with Crippen LogP contribution >= 0.6 is 46.4 Å². The molecule has 0 bridgehead atoms. The lowest BCUT2D eigenvalue weighted by Gasteiger charge is -2.11. The van der Waals surface area contributed by atoms with E-state index in [0.29, 0.717) is 33.7 Å². The normalized spacial score (nSPS) is 11.5. The number of pyridine rings is 1. The van der Waals surface area contributed by atoms with Gasteiger partial charge in [-0.25, -0.2) is 13.1 Å². The Morgan fingerprint density at radius 1 is 0.917 bits per heavy atom. The molecule has 1 heterocycles. The van der Waals surface area contributed by atoms with Gasteiger partial charge in [-0.2, -0.15) is 0 Å². The van der Waals surface area contributed by atoms with Crippen LogP contribution in [0.15, 0.2) is 35.5 Å². The third-order valence-electron chi connectivity index (χ3n) is 3.00. The zero-order valence-electron chi connectivity index (χ0n) is 12.2. The van der Waals surface area contributed by atoms with Crippen LogP contribution in [-0.2, 0) is 10.0 Å². The van der Waals surface area contributed by atoms with Gasteiger partial charge in [-0.15, -0.1) is 0 Å². The van der Waals surface area contributed by atoms with E-state index in [1.807, 2.05) is 0 Å². The van der Waals surface area contributed by atoms with E-state index in [4.69, 9.17) is 46.4 Å². The van der Waals surface area contributed by atoms with Crippen molar-refractivity contribution in [2.24, 2.45) is 0 Å². The highest BCUT2D eigenvalue weighted by Gasteiger charge is 2.14. The van der Waals surface area contributed by atoms with Crippen LogP contribution in [0.25, 0.3) is 0 Å². The topological polar surface area (TPSA) is 71.1 Å². The molecular formula is C14H13Cl4N3O2S. The Morgan fingerprint density at radius 3 is 2.21 bits per heavy atom. The van der Waals surface area contributed by atoms with Crippen LogP contribution in [0.3, 0.4) is 0 Å². The van der Waals surface area contributed by atoms with Gasteiger partial charge in [0, 0.05) is 25.5 Å². The summed E-state index contributed by atoms with van der Waals surface area (Å²) < 4.78 is 26.8. The summed E-state index contributed by atoms with van der Waals surface area (Å²) in [5.74, 6) is 0. The van der Waals surface area contributed by atoms with Gasteiger partial charge in [0.25, 0.3) is 0 Å². The fraction of sp³-hybridized carbons (Fsp3) is 0.214. The Bertz CT molecular complexity index is 811. The van der Waals surface area contributed by atoms with Crippen LogP contribution in [-0.4, -0.2) is 26.5 Å². The van der Waals surface area contributed by atoms with E-state index < -0.39 is 10.0 Å². The second-order valence-electron chi connectivity index (χ2n) is 4.73. The van der Waals surface area contributed by atoms with E-state index in [1.54, 1.807) is 0 Å². The molecule has 2 rings (SSSR count). The number of rotatable bonds is 7. The second-order valence-corrected chi connectivity index (χ2v) is 8.13. The Balaban J connectivity index is 1.86. The lowest BCUT2D eigenvalue weighted by molar-refractivity contribution is 0.580. The summed E-state index contributed by atoms with van der Waals surface area (Å²) in [7, 11) is -3.64. The van der Waals surface area contributed by atoms with Gasteiger partial charge >= 0.3 is 0 Å². The van der Waals surface area contributed by atoms with E-state index in [9.17, 15) is 8.42 Å². The van der Waals surface area contributed by atoms with Gasteiger partial charge in [-0.05, 0) is 24.6 Å². The fourth-order valence-electron chi connectivity index (χ4n) is 1.82. The van der Waals surface area contributed by atoms with Gasteiger partial charge in [-0.3, -0.25) is 4.98 Å².